The van der Waals surface area contributed by atoms with Gasteiger partial charge in [0.2, 0.25) is 5.91 Å². The number of hydrogen-bond acceptors (Lipinski definition) is 5. The Bertz CT molecular complexity index is 1100. The maximum Gasteiger partial charge on any atom is 0.264 e. The number of hydrogen-bond donors (Lipinski definition) is 1. The van der Waals surface area contributed by atoms with E-state index >= 15 is 0 Å². The van der Waals surface area contributed by atoms with Crippen molar-refractivity contribution >= 4 is 34.0 Å². The van der Waals surface area contributed by atoms with Crippen LogP contribution in [0.1, 0.15) is 10.4 Å². The smallest absolute Gasteiger partial charge is 0.264 e. The van der Waals surface area contributed by atoms with Crippen molar-refractivity contribution in [2.75, 3.05) is 23.9 Å². The second-order valence-corrected chi connectivity index (χ2v) is 7.90. The highest BCUT2D eigenvalue weighted by Gasteiger charge is 2.23. The average Bonchev–Trinajstić information content (AvgIpc) is 3.06. The zero-order valence-electron chi connectivity index (χ0n) is 15.9. The highest BCUT2D eigenvalue weighted by Crippen LogP contribution is 2.37. The summed E-state index contributed by atoms with van der Waals surface area (Å²) in [6, 6.07) is 11.4. The van der Waals surface area contributed by atoms with Gasteiger partial charge in [-0.15, -0.1) is 11.3 Å². The van der Waals surface area contributed by atoms with Crippen LogP contribution in [0.15, 0.2) is 42.5 Å². The summed E-state index contributed by atoms with van der Waals surface area (Å²) >= 11 is 1.37. The molecule has 0 radical (unpaired) electrons. The molecule has 0 aliphatic carbocycles. The summed E-state index contributed by atoms with van der Waals surface area (Å²) in [5.41, 5.74) is 2.98. The molecule has 2 amide bonds. The number of carbonyl (C=O) groups is 2. The third-order valence-corrected chi connectivity index (χ3v) is 5.53. The monoisotopic (exact) mass is 411 g/mol. The molecule has 1 aliphatic heterocycles. The first-order chi connectivity index (χ1) is 13.9. The number of rotatable bonds is 4. The average molecular weight is 411 g/mol. The van der Waals surface area contributed by atoms with Crippen molar-refractivity contribution < 1.29 is 18.7 Å². The van der Waals surface area contributed by atoms with Crippen LogP contribution in [0, 0.1) is 12.7 Å². The fourth-order valence-electron chi connectivity index (χ4n) is 3.09. The summed E-state index contributed by atoms with van der Waals surface area (Å²) in [6.07, 6.45) is 0.136. The molecule has 0 saturated carbocycles. The Morgan fingerprint density at radius 2 is 2.03 bits per heavy atom. The fraction of sp³-hybridized carbons (Fsp3) is 0.190. The van der Waals surface area contributed by atoms with E-state index in [1.54, 1.807) is 24.1 Å². The number of aryl methyl sites for hydroxylation is 1. The Kier molecular flexibility index (Phi) is 5.02. The van der Waals surface area contributed by atoms with E-state index in [-0.39, 0.29) is 30.7 Å². The van der Waals surface area contributed by atoms with E-state index in [1.807, 2.05) is 25.1 Å². The van der Waals surface area contributed by atoms with Crippen LogP contribution in [-0.4, -0.2) is 30.5 Å². The first kappa shape index (κ1) is 19.1. The second-order valence-electron chi connectivity index (χ2n) is 6.70. The lowest BCUT2D eigenvalue weighted by Gasteiger charge is -2.26. The number of nitrogens with one attached hydrogen (secondary N) is 1. The van der Waals surface area contributed by atoms with Crippen LogP contribution in [0.5, 0.6) is 5.75 Å². The van der Waals surface area contributed by atoms with E-state index in [4.69, 9.17) is 4.74 Å². The summed E-state index contributed by atoms with van der Waals surface area (Å²) in [7, 11) is 1.71. The van der Waals surface area contributed by atoms with Crippen LogP contribution < -0.4 is 15.0 Å². The highest BCUT2D eigenvalue weighted by molar-refractivity contribution is 7.16. The SMILES string of the molecule is Cc1sc(NC(=O)Cc2ccc(F)cc2)nc1-c1ccc2c(c1)N(C)C(=O)CO2. The molecule has 0 bridgehead atoms. The number of fused-ring (bicyclic) bond motifs is 1. The van der Waals surface area contributed by atoms with Crippen LogP contribution in [0.2, 0.25) is 0 Å². The van der Waals surface area contributed by atoms with Crippen LogP contribution >= 0.6 is 11.3 Å². The van der Waals surface area contributed by atoms with Crippen molar-refractivity contribution in [3.63, 3.8) is 0 Å². The molecule has 8 heteroatoms. The third-order valence-electron chi connectivity index (χ3n) is 4.64. The molecule has 1 aliphatic rings. The standard InChI is InChI=1S/C21H18FN3O3S/c1-12-20(14-5-8-17-16(10-14)25(2)19(27)11-28-17)24-21(29-12)23-18(26)9-13-3-6-15(22)7-4-13/h3-8,10H,9,11H2,1-2H3,(H,23,24,26). The van der Waals surface area contributed by atoms with Gasteiger partial charge >= 0.3 is 0 Å². The Morgan fingerprint density at radius 1 is 1.28 bits per heavy atom. The first-order valence-electron chi connectivity index (χ1n) is 8.96. The van der Waals surface area contributed by atoms with Crippen LogP contribution in [0.25, 0.3) is 11.3 Å². The van der Waals surface area contributed by atoms with Gasteiger partial charge in [-0.3, -0.25) is 9.59 Å². The summed E-state index contributed by atoms with van der Waals surface area (Å²) in [5.74, 6) is -0.0202. The van der Waals surface area contributed by atoms with Gasteiger partial charge in [-0.05, 0) is 42.8 Å². The van der Waals surface area contributed by atoms with E-state index in [0.29, 0.717) is 16.6 Å². The number of likely N-dealkylation sites (N-methyl/N-ethyl adjacent to an activating group) is 1. The number of amides is 2. The van der Waals surface area contributed by atoms with Crippen LogP contribution in [-0.2, 0) is 16.0 Å². The van der Waals surface area contributed by atoms with Crippen LogP contribution in [0.4, 0.5) is 15.2 Å². The first-order valence-corrected chi connectivity index (χ1v) is 9.78. The number of aromatic nitrogens is 1. The van der Waals surface area contributed by atoms with Crippen molar-refractivity contribution in [2.24, 2.45) is 0 Å². The molecule has 3 aromatic rings. The molecular weight excluding hydrogens is 393 g/mol. The molecule has 1 N–H and O–H groups in total. The second kappa shape index (κ2) is 7.63. The summed E-state index contributed by atoms with van der Waals surface area (Å²) in [5, 5.41) is 3.29. The van der Waals surface area contributed by atoms with E-state index in [0.717, 1.165) is 21.7 Å². The van der Waals surface area contributed by atoms with Crippen molar-refractivity contribution in [2.45, 2.75) is 13.3 Å². The third kappa shape index (κ3) is 3.97. The van der Waals surface area contributed by atoms with Crippen LogP contribution in [0.3, 0.4) is 0 Å². The maximum absolute atomic E-state index is 13.0. The van der Waals surface area contributed by atoms with Gasteiger partial charge in [0.1, 0.15) is 11.6 Å². The largest absolute Gasteiger partial charge is 0.482 e. The van der Waals surface area contributed by atoms with E-state index in [2.05, 4.69) is 10.3 Å². The topological polar surface area (TPSA) is 71.5 Å². The number of ether oxygens (including phenoxy) is 1. The van der Waals surface area contributed by atoms with Gasteiger partial charge < -0.3 is 15.0 Å². The number of carbonyl (C=O) groups excluding carboxylic acids is 2. The number of nitrogens with zero attached hydrogens (tertiary/aromatic N) is 2. The molecule has 2 aromatic carbocycles. The van der Waals surface area contributed by atoms with Crippen molar-refractivity contribution in [3.05, 3.63) is 58.7 Å². The minimum Gasteiger partial charge on any atom is -0.482 e. The fourth-order valence-corrected chi connectivity index (χ4v) is 3.94. The molecule has 1 aromatic heterocycles. The lowest BCUT2D eigenvalue weighted by Crippen LogP contribution is -2.35. The van der Waals surface area contributed by atoms with Gasteiger partial charge in [-0.1, -0.05) is 12.1 Å². The number of thiazole rings is 1. The van der Waals surface area contributed by atoms with Crippen molar-refractivity contribution in [3.8, 4) is 17.0 Å². The molecule has 0 fully saturated rings. The van der Waals surface area contributed by atoms with Gasteiger partial charge in [0.15, 0.2) is 11.7 Å². The summed E-state index contributed by atoms with van der Waals surface area (Å²) in [6.45, 7) is 1.95. The van der Waals surface area contributed by atoms with E-state index in [1.165, 1.54) is 23.5 Å². The minimum atomic E-state index is -0.336. The Morgan fingerprint density at radius 3 is 2.79 bits per heavy atom. The summed E-state index contributed by atoms with van der Waals surface area (Å²) < 4.78 is 18.5. The van der Waals surface area contributed by atoms with Gasteiger partial charge in [-0.25, -0.2) is 9.37 Å². The maximum atomic E-state index is 13.0. The summed E-state index contributed by atoms with van der Waals surface area (Å²) in [4.78, 5) is 31.2. The molecule has 29 heavy (non-hydrogen) atoms. The molecule has 148 valence electrons. The molecule has 0 saturated heterocycles. The molecule has 6 nitrogen and oxygen atoms in total. The van der Waals surface area contributed by atoms with E-state index in [9.17, 15) is 14.0 Å². The number of anilines is 2. The van der Waals surface area contributed by atoms with Gasteiger partial charge in [-0.2, -0.15) is 0 Å². The molecule has 2 heterocycles. The predicted molar refractivity (Wildman–Crippen MR) is 110 cm³/mol. The molecular formula is C21H18FN3O3S. The highest BCUT2D eigenvalue weighted by atomic mass is 32.1. The minimum absolute atomic E-state index is 0.0306. The van der Waals surface area contributed by atoms with Crippen molar-refractivity contribution in [1.29, 1.82) is 0 Å². The normalized spacial score (nSPS) is 13.1. The van der Waals surface area contributed by atoms with Gasteiger partial charge in [0.05, 0.1) is 17.8 Å². The van der Waals surface area contributed by atoms with Gasteiger partial charge in [0, 0.05) is 17.5 Å². The molecule has 4 rings (SSSR count). The Balaban J connectivity index is 1.53. The van der Waals surface area contributed by atoms with Crippen molar-refractivity contribution in [1.82, 2.24) is 4.98 Å². The Labute approximate surface area is 171 Å². The van der Waals surface area contributed by atoms with Gasteiger partial charge in [0.25, 0.3) is 5.91 Å². The quantitative estimate of drug-likeness (QED) is 0.709. The number of halogens is 1. The lowest BCUT2D eigenvalue weighted by atomic mass is 10.1. The molecule has 0 spiro atoms. The number of benzene rings is 2. The Hall–Kier alpha value is -3.26. The zero-order chi connectivity index (χ0) is 20.5. The lowest BCUT2D eigenvalue weighted by molar-refractivity contribution is -0.121. The predicted octanol–water partition coefficient (Wildman–Crippen LogP) is 3.79. The molecule has 0 atom stereocenters. The zero-order valence-corrected chi connectivity index (χ0v) is 16.7. The molecule has 0 unspecified atom stereocenters. The van der Waals surface area contributed by atoms with E-state index < -0.39 is 0 Å².